The first-order valence-corrected chi connectivity index (χ1v) is 8.64. The molecule has 2 amide bonds. The number of fused-ring (bicyclic) bond motifs is 1. The molecule has 1 aromatic rings. The molecule has 2 aliphatic heterocycles. The molecule has 1 N–H and O–H groups in total. The van der Waals surface area contributed by atoms with Gasteiger partial charge in [0.15, 0.2) is 0 Å². The maximum atomic E-state index is 12.4. The van der Waals surface area contributed by atoms with Crippen molar-refractivity contribution in [2.75, 3.05) is 7.11 Å². The molecule has 0 aromatic heterocycles. The van der Waals surface area contributed by atoms with Gasteiger partial charge in [0, 0.05) is 4.75 Å². The lowest BCUT2D eigenvalue weighted by Crippen LogP contribution is -2.70. The molecule has 0 radical (unpaired) electrons. The molecular formula is C17H20N2O4S. The highest BCUT2D eigenvalue weighted by molar-refractivity contribution is 8.01. The van der Waals surface area contributed by atoms with Gasteiger partial charge < -0.3 is 15.0 Å². The molecule has 3 rings (SSSR count). The summed E-state index contributed by atoms with van der Waals surface area (Å²) in [6, 6.07) is 8.17. The minimum atomic E-state index is -0.618. The van der Waals surface area contributed by atoms with Gasteiger partial charge >= 0.3 is 5.97 Å². The number of nitrogens with one attached hydrogen (secondary N) is 1. The van der Waals surface area contributed by atoms with E-state index >= 15 is 0 Å². The van der Waals surface area contributed by atoms with Crippen molar-refractivity contribution < 1.29 is 19.1 Å². The highest BCUT2D eigenvalue weighted by Crippen LogP contribution is 2.50. The monoisotopic (exact) mass is 348 g/mol. The first-order chi connectivity index (χ1) is 11.3. The normalized spacial score (nSPS) is 27.2. The second kappa shape index (κ2) is 6.12. The van der Waals surface area contributed by atoms with Crippen molar-refractivity contribution in [1.29, 1.82) is 0 Å². The van der Waals surface area contributed by atoms with E-state index < -0.39 is 22.8 Å². The number of benzene rings is 1. The Morgan fingerprint density at radius 2 is 1.96 bits per heavy atom. The number of ether oxygens (including phenoxy) is 1. The zero-order chi connectivity index (χ0) is 17.5. The van der Waals surface area contributed by atoms with Crippen LogP contribution in [0.4, 0.5) is 0 Å². The van der Waals surface area contributed by atoms with Gasteiger partial charge in [-0.3, -0.25) is 9.59 Å². The smallest absolute Gasteiger partial charge is 0.330 e. The summed E-state index contributed by atoms with van der Waals surface area (Å²) in [6.45, 7) is 3.82. The second-order valence-electron chi connectivity index (χ2n) is 6.49. The number of hydrogen-bond donors (Lipinski definition) is 1. The molecular weight excluding hydrogens is 328 g/mol. The quantitative estimate of drug-likeness (QED) is 0.648. The van der Waals surface area contributed by atoms with Crippen LogP contribution in [-0.2, 0) is 25.5 Å². The molecule has 7 heteroatoms. The molecule has 128 valence electrons. The van der Waals surface area contributed by atoms with E-state index in [0.29, 0.717) is 0 Å². The van der Waals surface area contributed by atoms with Crippen molar-refractivity contribution in [2.24, 2.45) is 0 Å². The number of carbonyl (C=O) groups excluding carboxylic acids is 3. The van der Waals surface area contributed by atoms with E-state index in [1.165, 1.54) is 23.8 Å². The van der Waals surface area contributed by atoms with E-state index in [0.717, 1.165) is 5.56 Å². The largest absolute Gasteiger partial charge is 0.467 e. The first-order valence-electron chi connectivity index (χ1n) is 7.76. The van der Waals surface area contributed by atoms with Gasteiger partial charge in [-0.2, -0.15) is 0 Å². The molecule has 0 unspecified atom stereocenters. The van der Waals surface area contributed by atoms with E-state index in [2.05, 4.69) is 5.32 Å². The number of amides is 2. The Morgan fingerprint density at radius 1 is 1.29 bits per heavy atom. The predicted octanol–water partition coefficient (Wildman–Crippen LogP) is 0.949. The molecule has 0 bridgehead atoms. The Labute approximate surface area is 144 Å². The lowest BCUT2D eigenvalue weighted by Gasteiger charge is -2.43. The summed E-state index contributed by atoms with van der Waals surface area (Å²) in [5, 5.41) is 2.57. The number of thioether (sulfide) groups is 1. The molecule has 0 spiro atoms. The maximum Gasteiger partial charge on any atom is 0.330 e. The summed E-state index contributed by atoms with van der Waals surface area (Å²) in [4.78, 5) is 38.2. The third kappa shape index (κ3) is 2.77. The summed E-state index contributed by atoms with van der Waals surface area (Å²) in [7, 11) is 1.32. The van der Waals surface area contributed by atoms with Crippen molar-refractivity contribution in [2.45, 2.75) is 42.5 Å². The van der Waals surface area contributed by atoms with Gasteiger partial charge in [-0.15, -0.1) is 11.8 Å². The molecule has 3 atom stereocenters. The summed E-state index contributed by atoms with van der Waals surface area (Å²) < 4.78 is 4.38. The van der Waals surface area contributed by atoms with Crippen LogP contribution in [-0.4, -0.2) is 52.0 Å². The van der Waals surface area contributed by atoms with E-state index in [1.807, 2.05) is 44.2 Å². The highest BCUT2D eigenvalue weighted by atomic mass is 32.2. The number of nitrogens with zero attached hydrogens (tertiary/aromatic N) is 1. The number of esters is 1. The molecule has 1 aromatic carbocycles. The van der Waals surface area contributed by atoms with Gasteiger partial charge in [-0.1, -0.05) is 30.3 Å². The van der Waals surface area contributed by atoms with E-state index in [-0.39, 0.29) is 23.6 Å². The van der Waals surface area contributed by atoms with Crippen LogP contribution in [0.2, 0.25) is 0 Å². The minimum absolute atomic E-state index is 0.195. The van der Waals surface area contributed by atoms with E-state index in [9.17, 15) is 14.4 Å². The topological polar surface area (TPSA) is 75.7 Å². The number of methoxy groups -OCH3 is 1. The predicted molar refractivity (Wildman–Crippen MR) is 90.2 cm³/mol. The van der Waals surface area contributed by atoms with Gasteiger partial charge in [0.2, 0.25) is 11.8 Å². The summed E-state index contributed by atoms with van der Waals surface area (Å²) >= 11 is 1.52. The van der Waals surface area contributed by atoms with Gasteiger partial charge in [0.25, 0.3) is 0 Å². The van der Waals surface area contributed by atoms with Gasteiger partial charge in [-0.25, -0.2) is 4.79 Å². The zero-order valence-electron chi connectivity index (χ0n) is 13.8. The fourth-order valence-electron chi connectivity index (χ4n) is 3.24. The third-order valence-electron chi connectivity index (χ3n) is 4.39. The summed E-state index contributed by atoms with van der Waals surface area (Å²) in [5.41, 5.74) is 0.894. The first kappa shape index (κ1) is 16.8. The van der Waals surface area contributed by atoms with Crippen molar-refractivity contribution in [3.8, 4) is 0 Å². The Morgan fingerprint density at radius 3 is 2.58 bits per heavy atom. The molecule has 2 heterocycles. The average molecular weight is 348 g/mol. The van der Waals surface area contributed by atoms with Gasteiger partial charge in [-0.05, 0) is 19.4 Å². The van der Waals surface area contributed by atoms with Crippen LogP contribution in [0.25, 0.3) is 0 Å². The fourth-order valence-corrected chi connectivity index (χ4v) is 4.86. The fraction of sp³-hybridized carbons (Fsp3) is 0.471. The SMILES string of the molecule is COC(=O)[C@@H]1N2C(=O)[C@@H](NC(=O)Cc3ccccc3)[C@H]2SC1(C)C. The van der Waals surface area contributed by atoms with Crippen molar-refractivity contribution in [3.05, 3.63) is 35.9 Å². The Kier molecular flexibility index (Phi) is 4.29. The molecule has 24 heavy (non-hydrogen) atoms. The summed E-state index contributed by atoms with van der Waals surface area (Å²) in [6.07, 6.45) is 0.228. The van der Waals surface area contributed by atoms with Crippen LogP contribution in [0.5, 0.6) is 0 Å². The Hall–Kier alpha value is -2.02. The van der Waals surface area contributed by atoms with Crippen LogP contribution in [0.3, 0.4) is 0 Å². The van der Waals surface area contributed by atoms with Crippen LogP contribution in [0.1, 0.15) is 19.4 Å². The average Bonchev–Trinajstić information content (AvgIpc) is 2.81. The van der Waals surface area contributed by atoms with E-state index in [4.69, 9.17) is 4.74 Å². The van der Waals surface area contributed by atoms with Crippen molar-refractivity contribution >= 4 is 29.5 Å². The molecule has 6 nitrogen and oxygen atoms in total. The molecule has 2 aliphatic rings. The lowest BCUT2D eigenvalue weighted by atomic mass is 9.96. The zero-order valence-corrected chi connectivity index (χ0v) is 14.6. The molecule has 2 fully saturated rings. The third-order valence-corrected chi connectivity index (χ3v) is 5.96. The maximum absolute atomic E-state index is 12.4. The Bertz CT molecular complexity index is 676. The van der Waals surface area contributed by atoms with Gasteiger partial charge in [0.1, 0.15) is 17.5 Å². The van der Waals surface area contributed by atoms with Crippen molar-refractivity contribution in [3.63, 3.8) is 0 Å². The van der Waals surface area contributed by atoms with Crippen LogP contribution >= 0.6 is 11.8 Å². The Balaban J connectivity index is 1.67. The highest BCUT2D eigenvalue weighted by Gasteiger charge is 2.64. The van der Waals surface area contributed by atoms with Crippen molar-refractivity contribution in [1.82, 2.24) is 10.2 Å². The minimum Gasteiger partial charge on any atom is -0.467 e. The van der Waals surface area contributed by atoms with Crippen LogP contribution in [0, 0.1) is 0 Å². The number of rotatable bonds is 4. The van der Waals surface area contributed by atoms with E-state index in [1.54, 1.807) is 0 Å². The molecule has 0 aliphatic carbocycles. The standard InChI is InChI=1S/C17H20N2O4S/c1-17(2)13(16(22)23-3)19-14(21)12(15(19)24-17)18-11(20)9-10-7-5-4-6-8-10/h4-8,12-13,15H,9H2,1-3H3,(H,18,20)/t12-,13+,15-/m1/s1. The number of carbonyl (C=O) groups is 3. The molecule has 0 saturated carbocycles. The number of β-lactam (4-membered cyclic amide) rings is 1. The van der Waals surface area contributed by atoms with Crippen LogP contribution in [0.15, 0.2) is 30.3 Å². The molecule has 2 saturated heterocycles. The second-order valence-corrected chi connectivity index (χ2v) is 8.26. The number of hydrogen-bond acceptors (Lipinski definition) is 5. The van der Waals surface area contributed by atoms with Crippen LogP contribution < -0.4 is 5.32 Å². The lowest BCUT2D eigenvalue weighted by molar-refractivity contribution is -0.162. The van der Waals surface area contributed by atoms with Gasteiger partial charge in [0.05, 0.1) is 13.5 Å². The summed E-state index contributed by atoms with van der Waals surface area (Å²) in [5.74, 6) is -0.841.